The number of benzene rings is 4. The van der Waals surface area contributed by atoms with Gasteiger partial charge in [0.15, 0.2) is 17.2 Å². The fraction of sp³-hybridized carbons (Fsp3) is 0.188. The predicted octanol–water partition coefficient (Wildman–Crippen LogP) is 9.31. The van der Waals surface area contributed by atoms with Crippen molar-refractivity contribution in [3.05, 3.63) is 88.9 Å². The van der Waals surface area contributed by atoms with Crippen LogP contribution in [0.5, 0.6) is 11.5 Å². The molecule has 39 heavy (non-hydrogen) atoms. The molecule has 4 aromatic carbocycles. The average molecular weight is 538 g/mol. The highest BCUT2D eigenvalue weighted by Gasteiger charge is 2.32. The molecule has 0 bridgehead atoms. The Morgan fingerprint density at radius 3 is 2.18 bits per heavy atom. The van der Waals surface area contributed by atoms with Gasteiger partial charge in [0.2, 0.25) is 5.58 Å². The normalized spacial score (nSPS) is 13.6. The molecular weight excluding hydrogens is 510 g/mol. The first-order valence-corrected chi connectivity index (χ1v) is 13.5. The second-order valence-corrected chi connectivity index (χ2v) is 9.77. The number of hydrogen-bond acceptors (Lipinski definition) is 5. The lowest BCUT2D eigenvalue weighted by Gasteiger charge is -2.19. The van der Waals surface area contributed by atoms with Crippen LogP contribution in [0.3, 0.4) is 0 Å². The number of para-hydroxylation sites is 3. The number of anilines is 1. The van der Waals surface area contributed by atoms with E-state index < -0.39 is 0 Å². The summed E-state index contributed by atoms with van der Waals surface area (Å²) in [4.78, 5) is 9.31. The average Bonchev–Trinajstić information content (AvgIpc) is 3.28. The summed E-state index contributed by atoms with van der Waals surface area (Å²) >= 11 is 6.57. The summed E-state index contributed by atoms with van der Waals surface area (Å²) < 4.78 is 20.1. The van der Waals surface area contributed by atoms with Crippen molar-refractivity contribution in [1.82, 2.24) is 0 Å². The molecule has 0 fully saturated rings. The van der Waals surface area contributed by atoms with Gasteiger partial charge >= 0.3 is 0 Å². The predicted molar refractivity (Wildman–Crippen MR) is 161 cm³/mol. The minimum atomic E-state index is 0.431. The Bertz CT molecular complexity index is 1850. The van der Waals surface area contributed by atoms with Gasteiger partial charge in [-0.15, -0.1) is 0 Å². The van der Waals surface area contributed by atoms with Crippen LogP contribution in [0, 0.1) is 0 Å². The van der Waals surface area contributed by atoms with Crippen molar-refractivity contribution in [2.24, 2.45) is 9.98 Å². The highest BCUT2D eigenvalue weighted by atomic mass is 35.5. The quantitative estimate of drug-likeness (QED) is 0.219. The molecule has 2 heterocycles. The molecule has 0 atom stereocenters. The zero-order valence-corrected chi connectivity index (χ0v) is 22.8. The molecule has 0 amide bonds. The van der Waals surface area contributed by atoms with E-state index >= 15 is 0 Å². The number of amidine groups is 1. The molecule has 0 spiro atoms. The van der Waals surface area contributed by atoms with Crippen LogP contribution in [-0.4, -0.2) is 25.1 Å². The van der Waals surface area contributed by atoms with Crippen LogP contribution in [0.1, 0.15) is 37.8 Å². The third-order valence-corrected chi connectivity index (χ3v) is 7.12. The van der Waals surface area contributed by atoms with Crippen LogP contribution in [0.2, 0.25) is 5.02 Å². The van der Waals surface area contributed by atoms with Crippen molar-refractivity contribution in [2.45, 2.75) is 26.7 Å². The van der Waals surface area contributed by atoms with Crippen molar-refractivity contribution in [3.8, 4) is 11.5 Å². The number of unbranched alkanes of at least 4 members (excludes halogenated alkanes) is 1. The molecule has 0 aliphatic carbocycles. The van der Waals surface area contributed by atoms with E-state index in [4.69, 9.17) is 30.2 Å². The fourth-order valence-electron chi connectivity index (χ4n) is 4.95. The van der Waals surface area contributed by atoms with E-state index in [0.717, 1.165) is 52.7 Å². The lowest BCUT2D eigenvalue weighted by atomic mass is 10.0. The Labute approximate surface area is 231 Å². The summed E-state index contributed by atoms with van der Waals surface area (Å²) in [5.41, 5.74) is 5.54. The molecular formula is C32H28ClN3O3. The SMILES string of the molecule is CCCCNc1c2c(c3oc4ccccc4c4ccccc4oc3c1Oc1ccccc1Cl)C(=NC)N=C2C. The largest absolute Gasteiger partial charge is 0.452 e. The molecule has 6 rings (SSSR count). The lowest BCUT2D eigenvalue weighted by molar-refractivity contribution is 0.475. The smallest absolute Gasteiger partial charge is 0.215 e. The monoisotopic (exact) mass is 537 g/mol. The third-order valence-electron chi connectivity index (χ3n) is 6.81. The van der Waals surface area contributed by atoms with Crippen LogP contribution in [0.15, 0.2) is 91.6 Å². The first kappa shape index (κ1) is 25.0. The molecule has 6 nitrogen and oxygen atoms in total. The maximum absolute atomic E-state index is 6.74. The molecule has 1 N–H and O–H groups in total. The van der Waals surface area contributed by atoms with Crippen molar-refractivity contribution in [2.75, 3.05) is 18.9 Å². The number of fused-ring (bicyclic) bond motifs is 6. The van der Waals surface area contributed by atoms with Crippen LogP contribution < -0.4 is 10.1 Å². The van der Waals surface area contributed by atoms with E-state index in [9.17, 15) is 0 Å². The summed E-state index contributed by atoms with van der Waals surface area (Å²) in [5, 5.41) is 5.95. The summed E-state index contributed by atoms with van der Waals surface area (Å²) in [6.45, 7) is 4.88. The van der Waals surface area contributed by atoms with Crippen LogP contribution in [0.25, 0.3) is 33.1 Å². The van der Waals surface area contributed by atoms with Crippen molar-refractivity contribution in [3.63, 3.8) is 0 Å². The molecule has 0 unspecified atom stereocenters. The molecule has 1 aliphatic rings. The summed E-state index contributed by atoms with van der Waals surface area (Å²) in [6, 6.07) is 23.3. The van der Waals surface area contributed by atoms with Gasteiger partial charge in [0.1, 0.15) is 16.9 Å². The van der Waals surface area contributed by atoms with E-state index in [1.54, 1.807) is 13.1 Å². The molecule has 0 radical (unpaired) electrons. The molecule has 1 aromatic heterocycles. The Hall–Kier alpha value is -4.29. The van der Waals surface area contributed by atoms with E-state index in [-0.39, 0.29) is 0 Å². The van der Waals surface area contributed by atoms with Gasteiger partial charge in [-0.3, -0.25) is 4.99 Å². The zero-order valence-electron chi connectivity index (χ0n) is 22.0. The minimum Gasteiger partial charge on any atom is -0.452 e. The van der Waals surface area contributed by atoms with Gasteiger partial charge in [-0.25, -0.2) is 4.99 Å². The second kappa shape index (κ2) is 10.5. The summed E-state index contributed by atoms with van der Waals surface area (Å²) in [7, 11) is 1.74. The van der Waals surface area contributed by atoms with Crippen LogP contribution in [0.4, 0.5) is 5.69 Å². The second-order valence-electron chi connectivity index (χ2n) is 9.37. The third kappa shape index (κ3) is 4.41. The number of halogens is 1. The Morgan fingerprint density at radius 2 is 1.51 bits per heavy atom. The van der Waals surface area contributed by atoms with Gasteiger partial charge in [0.25, 0.3) is 0 Å². The van der Waals surface area contributed by atoms with E-state index in [0.29, 0.717) is 44.7 Å². The number of nitrogens with one attached hydrogen (secondary N) is 1. The number of hydrogen-bond donors (Lipinski definition) is 1. The van der Waals surface area contributed by atoms with Crippen LogP contribution in [-0.2, 0) is 0 Å². The maximum Gasteiger partial charge on any atom is 0.215 e. The number of ether oxygens (including phenoxy) is 1. The van der Waals surface area contributed by atoms with Gasteiger partial charge < -0.3 is 18.9 Å². The van der Waals surface area contributed by atoms with E-state index in [1.165, 1.54) is 0 Å². The molecule has 5 aromatic rings. The van der Waals surface area contributed by atoms with Gasteiger partial charge in [-0.1, -0.05) is 73.5 Å². The Balaban J connectivity index is 1.83. The van der Waals surface area contributed by atoms with Gasteiger partial charge in [0, 0.05) is 29.9 Å². The zero-order chi connectivity index (χ0) is 26.9. The van der Waals surface area contributed by atoms with Gasteiger partial charge in [-0.2, -0.15) is 0 Å². The van der Waals surface area contributed by atoms with E-state index in [2.05, 4.69) is 17.2 Å². The first-order valence-electron chi connectivity index (χ1n) is 13.1. The molecule has 0 saturated carbocycles. The topological polar surface area (TPSA) is 72.3 Å². The van der Waals surface area contributed by atoms with Crippen LogP contribution >= 0.6 is 11.6 Å². The lowest BCUT2D eigenvalue weighted by Crippen LogP contribution is -2.10. The highest BCUT2D eigenvalue weighted by Crippen LogP contribution is 2.46. The molecule has 0 saturated heterocycles. The molecule has 7 heteroatoms. The van der Waals surface area contributed by atoms with Crippen molar-refractivity contribution < 1.29 is 13.6 Å². The van der Waals surface area contributed by atoms with Gasteiger partial charge in [0.05, 0.1) is 22.0 Å². The standard InChI is InChI=1S/C32H28ClN3O3/c1-4-5-18-35-28-26-19(2)36-32(34-3)27(26)29-31(30(28)39-25-17-11-8-14-22(25)33)38-24-16-10-7-13-21(24)20-12-6-9-15-23(20)37-29/h6-17,35H,4-5,18H2,1-3H3. The van der Waals surface area contributed by atoms with E-state index in [1.807, 2.05) is 73.7 Å². The Kier molecular flexibility index (Phi) is 6.71. The number of aliphatic imine (C=N–C) groups is 2. The highest BCUT2D eigenvalue weighted by molar-refractivity contribution is 6.32. The minimum absolute atomic E-state index is 0.431. The van der Waals surface area contributed by atoms with Gasteiger partial charge in [-0.05, 0) is 37.6 Å². The summed E-state index contributed by atoms with van der Waals surface area (Å²) in [5.74, 6) is 1.57. The summed E-state index contributed by atoms with van der Waals surface area (Å²) in [6.07, 6.45) is 2.02. The fourth-order valence-corrected chi connectivity index (χ4v) is 5.12. The molecule has 196 valence electrons. The maximum atomic E-state index is 6.74. The van der Waals surface area contributed by atoms with Crippen molar-refractivity contribution >= 4 is 61.9 Å². The number of rotatable bonds is 6. The van der Waals surface area contributed by atoms with Crippen molar-refractivity contribution in [1.29, 1.82) is 0 Å². The Morgan fingerprint density at radius 1 is 0.872 bits per heavy atom. The first-order chi connectivity index (χ1) is 19.1. The number of nitrogens with zero attached hydrogens (tertiary/aromatic N) is 2. The molecule has 1 aliphatic heterocycles.